The zero-order chi connectivity index (χ0) is 22.3. The van der Waals surface area contributed by atoms with E-state index in [1.165, 1.54) is 13.8 Å². The second-order valence-electron chi connectivity index (χ2n) is 8.24. The molecular formula is C22H31NO7. The van der Waals surface area contributed by atoms with Gasteiger partial charge in [-0.3, -0.25) is 9.59 Å². The van der Waals surface area contributed by atoms with Gasteiger partial charge < -0.3 is 18.9 Å². The molecule has 1 aliphatic rings. The van der Waals surface area contributed by atoms with Gasteiger partial charge in [-0.2, -0.15) is 0 Å². The molecular weight excluding hydrogens is 390 g/mol. The average molecular weight is 421 g/mol. The summed E-state index contributed by atoms with van der Waals surface area (Å²) < 4.78 is 22.4. The molecule has 0 saturated carbocycles. The van der Waals surface area contributed by atoms with Gasteiger partial charge in [-0.1, -0.05) is 30.3 Å². The minimum absolute atomic E-state index is 0.0831. The predicted molar refractivity (Wildman–Crippen MR) is 108 cm³/mol. The van der Waals surface area contributed by atoms with Crippen molar-refractivity contribution in [3.63, 3.8) is 0 Å². The third-order valence-corrected chi connectivity index (χ3v) is 4.42. The molecule has 1 heterocycles. The van der Waals surface area contributed by atoms with Crippen LogP contribution in [0.4, 0.5) is 4.79 Å². The highest BCUT2D eigenvalue weighted by molar-refractivity contribution is 5.91. The van der Waals surface area contributed by atoms with E-state index in [9.17, 15) is 14.4 Å². The lowest BCUT2D eigenvalue weighted by Crippen LogP contribution is -2.55. The molecule has 1 aromatic carbocycles. The third-order valence-electron chi connectivity index (χ3n) is 4.42. The van der Waals surface area contributed by atoms with Gasteiger partial charge >= 0.3 is 12.1 Å². The van der Waals surface area contributed by atoms with Crippen molar-refractivity contribution in [3.8, 4) is 0 Å². The average Bonchev–Trinajstić information content (AvgIpc) is 2.65. The summed E-state index contributed by atoms with van der Waals surface area (Å²) in [6, 6.07) is 8.84. The summed E-state index contributed by atoms with van der Waals surface area (Å²) in [5.74, 6) is -0.855. The van der Waals surface area contributed by atoms with Crippen LogP contribution in [0.25, 0.3) is 0 Å². The number of carbonyl (C=O) groups is 3. The lowest BCUT2D eigenvalue weighted by Gasteiger charge is -2.40. The number of nitrogens with zero attached hydrogens (tertiary/aromatic N) is 1. The SMILES string of the molecule is CC(=O)OCC1CCC(N(C(C)=O)C(=O)OC(C)(C)C)C(OCc2ccccc2)O1. The molecule has 166 valence electrons. The Hall–Kier alpha value is -2.45. The molecule has 0 spiro atoms. The minimum atomic E-state index is -0.879. The van der Waals surface area contributed by atoms with E-state index < -0.39 is 42.0 Å². The summed E-state index contributed by atoms with van der Waals surface area (Å²) in [6.45, 7) is 8.16. The first-order valence-corrected chi connectivity index (χ1v) is 10.0. The maximum absolute atomic E-state index is 12.7. The zero-order valence-electron chi connectivity index (χ0n) is 18.3. The standard InChI is InChI=1S/C22H31NO7/c1-15(24)23(21(26)30-22(3,4)5)19-12-11-18(14-27-16(2)25)29-20(19)28-13-17-9-7-6-8-10-17/h6-10,18-20H,11-14H2,1-5H3. The Morgan fingerprint density at radius 3 is 2.33 bits per heavy atom. The number of amides is 2. The first kappa shape index (κ1) is 23.8. The fourth-order valence-corrected chi connectivity index (χ4v) is 3.14. The Bertz CT molecular complexity index is 729. The van der Waals surface area contributed by atoms with E-state index >= 15 is 0 Å². The van der Waals surface area contributed by atoms with Crippen LogP contribution in [0, 0.1) is 0 Å². The summed E-state index contributed by atoms with van der Waals surface area (Å²) in [5.41, 5.74) is 0.173. The molecule has 2 rings (SSSR count). The molecule has 1 aliphatic heterocycles. The summed E-state index contributed by atoms with van der Waals surface area (Å²) in [6.07, 6.45) is -1.08. The zero-order valence-corrected chi connectivity index (χ0v) is 18.3. The van der Waals surface area contributed by atoms with Gasteiger partial charge in [0.05, 0.1) is 18.8 Å². The smallest absolute Gasteiger partial charge is 0.417 e. The third kappa shape index (κ3) is 7.42. The number of hydrogen-bond donors (Lipinski definition) is 0. The molecule has 0 radical (unpaired) electrons. The number of ether oxygens (including phenoxy) is 4. The maximum atomic E-state index is 12.7. The summed E-state index contributed by atoms with van der Waals surface area (Å²) in [4.78, 5) is 37.2. The molecule has 1 saturated heterocycles. The fraction of sp³-hybridized carbons (Fsp3) is 0.591. The number of carbonyl (C=O) groups excluding carboxylic acids is 3. The predicted octanol–water partition coefficient (Wildman–Crippen LogP) is 3.42. The number of rotatable bonds is 6. The van der Waals surface area contributed by atoms with Gasteiger partial charge in [0.25, 0.3) is 0 Å². The van der Waals surface area contributed by atoms with E-state index in [-0.39, 0.29) is 13.2 Å². The summed E-state index contributed by atoms with van der Waals surface area (Å²) in [5, 5.41) is 0. The fourth-order valence-electron chi connectivity index (χ4n) is 3.14. The molecule has 30 heavy (non-hydrogen) atoms. The van der Waals surface area contributed by atoms with Crippen molar-refractivity contribution in [3.05, 3.63) is 35.9 Å². The number of esters is 1. The van der Waals surface area contributed by atoms with Crippen LogP contribution < -0.4 is 0 Å². The van der Waals surface area contributed by atoms with Gasteiger partial charge in [-0.05, 0) is 39.2 Å². The van der Waals surface area contributed by atoms with E-state index in [4.69, 9.17) is 18.9 Å². The van der Waals surface area contributed by atoms with E-state index in [2.05, 4.69) is 0 Å². The van der Waals surface area contributed by atoms with Crippen LogP contribution in [0.5, 0.6) is 0 Å². The van der Waals surface area contributed by atoms with Gasteiger partial charge in [0.2, 0.25) is 5.91 Å². The van der Waals surface area contributed by atoms with Crippen molar-refractivity contribution in [2.75, 3.05) is 6.61 Å². The number of imide groups is 1. The molecule has 8 nitrogen and oxygen atoms in total. The lowest BCUT2D eigenvalue weighted by molar-refractivity contribution is -0.235. The second kappa shape index (κ2) is 10.5. The molecule has 1 aromatic rings. The summed E-state index contributed by atoms with van der Waals surface area (Å²) >= 11 is 0. The quantitative estimate of drug-likeness (QED) is 0.650. The Kier molecular flexibility index (Phi) is 8.37. The van der Waals surface area contributed by atoms with Crippen LogP contribution >= 0.6 is 0 Å². The molecule has 0 N–H and O–H groups in total. The van der Waals surface area contributed by atoms with E-state index in [1.807, 2.05) is 30.3 Å². The first-order chi connectivity index (χ1) is 14.1. The van der Waals surface area contributed by atoms with E-state index in [0.717, 1.165) is 10.5 Å². The molecule has 3 unspecified atom stereocenters. The van der Waals surface area contributed by atoms with Crippen LogP contribution in [0.3, 0.4) is 0 Å². The highest BCUT2D eigenvalue weighted by Crippen LogP contribution is 2.28. The van der Waals surface area contributed by atoms with Gasteiger partial charge in [0, 0.05) is 13.8 Å². The maximum Gasteiger partial charge on any atom is 0.417 e. The van der Waals surface area contributed by atoms with Crippen molar-refractivity contribution < 1.29 is 33.3 Å². The van der Waals surface area contributed by atoms with Crippen LogP contribution in [0.15, 0.2) is 30.3 Å². The number of benzene rings is 1. The van der Waals surface area contributed by atoms with Crippen molar-refractivity contribution in [2.24, 2.45) is 0 Å². The molecule has 0 aliphatic carbocycles. The van der Waals surface area contributed by atoms with Crippen LogP contribution in [-0.4, -0.2) is 53.5 Å². The topological polar surface area (TPSA) is 91.4 Å². The largest absolute Gasteiger partial charge is 0.463 e. The van der Waals surface area contributed by atoms with Gasteiger partial charge in [-0.15, -0.1) is 0 Å². The van der Waals surface area contributed by atoms with Crippen LogP contribution in [-0.2, 0) is 35.1 Å². The van der Waals surface area contributed by atoms with Crippen LogP contribution in [0.2, 0.25) is 0 Å². The van der Waals surface area contributed by atoms with Gasteiger partial charge in [0.1, 0.15) is 12.2 Å². The van der Waals surface area contributed by atoms with Gasteiger partial charge in [-0.25, -0.2) is 9.69 Å². The van der Waals surface area contributed by atoms with Crippen LogP contribution in [0.1, 0.15) is 53.0 Å². The van der Waals surface area contributed by atoms with E-state index in [0.29, 0.717) is 12.8 Å². The minimum Gasteiger partial charge on any atom is -0.463 e. The molecule has 2 amide bonds. The monoisotopic (exact) mass is 421 g/mol. The lowest BCUT2D eigenvalue weighted by atomic mass is 10.0. The highest BCUT2D eigenvalue weighted by atomic mass is 16.7. The van der Waals surface area contributed by atoms with Crippen molar-refractivity contribution in [2.45, 2.75) is 78.1 Å². The number of hydrogen-bond acceptors (Lipinski definition) is 7. The Morgan fingerprint density at radius 2 is 1.77 bits per heavy atom. The molecule has 0 bridgehead atoms. The molecule has 8 heteroatoms. The normalized spacial score (nSPS) is 21.6. The van der Waals surface area contributed by atoms with Crippen molar-refractivity contribution in [1.29, 1.82) is 0 Å². The molecule has 3 atom stereocenters. The van der Waals surface area contributed by atoms with Gasteiger partial charge in [0.15, 0.2) is 6.29 Å². The Balaban J connectivity index is 2.18. The molecule has 0 aromatic heterocycles. The second-order valence-corrected chi connectivity index (χ2v) is 8.24. The first-order valence-electron chi connectivity index (χ1n) is 10.0. The summed E-state index contributed by atoms with van der Waals surface area (Å²) in [7, 11) is 0. The highest BCUT2D eigenvalue weighted by Gasteiger charge is 2.41. The van der Waals surface area contributed by atoms with Crippen molar-refractivity contribution in [1.82, 2.24) is 4.90 Å². The van der Waals surface area contributed by atoms with Crippen molar-refractivity contribution >= 4 is 18.0 Å². The van der Waals surface area contributed by atoms with E-state index in [1.54, 1.807) is 20.8 Å². The Labute approximate surface area is 177 Å². The molecule has 1 fully saturated rings. The Morgan fingerprint density at radius 1 is 1.10 bits per heavy atom.